The Balaban J connectivity index is 1.26. The van der Waals surface area contributed by atoms with E-state index in [0.717, 1.165) is 24.8 Å². The lowest BCUT2D eigenvalue weighted by Gasteiger charge is -2.42. The van der Waals surface area contributed by atoms with Gasteiger partial charge in [0.1, 0.15) is 33.6 Å². The predicted molar refractivity (Wildman–Crippen MR) is 180 cm³/mol. The molecule has 13 heteroatoms. The minimum absolute atomic E-state index is 0.00182. The third kappa shape index (κ3) is 5.55. The van der Waals surface area contributed by atoms with Crippen LogP contribution in [0.25, 0.3) is 0 Å². The highest BCUT2D eigenvalue weighted by atomic mass is 35.5. The summed E-state index contributed by atoms with van der Waals surface area (Å²) in [4.78, 5) is 43.9. The Hall–Kier alpha value is -2.73. The molecule has 5 aliphatic rings. The lowest BCUT2D eigenvalue weighted by atomic mass is 9.81. The molecule has 0 bridgehead atoms. The van der Waals surface area contributed by atoms with E-state index in [2.05, 4.69) is 10.3 Å². The number of pyridine rings is 1. The van der Waals surface area contributed by atoms with Gasteiger partial charge in [0, 0.05) is 48.5 Å². The van der Waals surface area contributed by atoms with Crippen LogP contribution >= 0.6 is 35.0 Å². The third-order valence-corrected chi connectivity index (χ3v) is 11.9. The van der Waals surface area contributed by atoms with Crippen LogP contribution in [-0.2, 0) is 15.1 Å². The fraction of sp³-hybridized carbons (Fsp3) is 0.529. The topological polar surface area (TPSA) is 81.1 Å². The summed E-state index contributed by atoms with van der Waals surface area (Å²) in [6.45, 7) is 9.10. The summed E-state index contributed by atoms with van der Waals surface area (Å²) in [6.07, 6.45) is 3.13. The van der Waals surface area contributed by atoms with Crippen molar-refractivity contribution in [3.63, 3.8) is 0 Å². The number of aromatic nitrogens is 1. The first-order chi connectivity index (χ1) is 22.4. The Kier molecular flexibility index (Phi) is 8.37. The monoisotopic (exact) mass is 702 g/mol. The van der Waals surface area contributed by atoms with Crippen LogP contribution in [-0.4, -0.2) is 80.1 Å². The number of fused-ring (bicyclic) bond motifs is 1. The van der Waals surface area contributed by atoms with Crippen molar-refractivity contribution in [1.82, 2.24) is 25.0 Å². The molecule has 1 aromatic carbocycles. The number of aliphatic imine (C=N–C) groups is 1. The van der Waals surface area contributed by atoms with Gasteiger partial charge in [0.2, 0.25) is 5.91 Å². The maximum Gasteiger partial charge on any atom is 0.263 e. The number of thioether (sulfide) groups is 1. The van der Waals surface area contributed by atoms with Crippen LogP contribution in [0.2, 0.25) is 10.2 Å². The van der Waals surface area contributed by atoms with E-state index in [-0.39, 0.29) is 47.3 Å². The average Bonchev–Trinajstić information content (AvgIpc) is 3.36. The fourth-order valence-electron chi connectivity index (χ4n) is 7.62. The molecule has 7 rings (SSSR count). The number of hydrogen-bond donors (Lipinski definition) is 1. The summed E-state index contributed by atoms with van der Waals surface area (Å²) in [5.74, 6) is -1.28. The molecule has 47 heavy (non-hydrogen) atoms. The van der Waals surface area contributed by atoms with Crippen LogP contribution in [0.1, 0.15) is 70.5 Å². The van der Waals surface area contributed by atoms with Gasteiger partial charge >= 0.3 is 0 Å². The molecule has 250 valence electrons. The van der Waals surface area contributed by atoms with Crippen molar-refractivity contribution >= 4 is 51.9 Å². The van der Waals surface area contributed by atoms with Gasteiger partial charge in [-0.2, -0.15) is 0 Å². The molecule has 1 aromatic heterocycles. The Morgan fingerprint density at radius 3 is 2.57 bits per heavy atom. The fourth-order valence-corrected chi connectivity index (χ4v) is 9.21. The number of amidine groups is 1. The van der Waals surface area contributed by atoms with Gasteiger partial charge in [-0.15, -0.1) is 0 Å². The number of halogens is 4. The minimum Gasteiger partial charge on any atom is -0.335 e. The number of piperazine rings is 1. The van der Waals surface area contributed by atoms with Gasteiger partial charge in [-0.25, -0.2) is 18.8 Å². The van der Waals surface area contributed by atoms with Crippen LogP contribution < -0.4 is 5.32 Å². The van der Waals surface area contributed by atoms with Crippen molar-refractivity contribution in [3.05, 3.63) is 74.3 Å². The van der Waals surface area contributed by atoms with Gasteiger partial charge < -0.3 is 20.0 Å². The summed E-state index contributed by atoms with van der Waals surface area (Å²) < 4.78 is 30.2. The van der Waals surface area contributed by atoms with Crippen molar-refractivity contribution in [3.8, 4) is 0 Å². The number of rotatable bonds is 6. The maximum atomic E-state index is 15.2. The smallest absolute Gasteiger partial charge is 0.263 e. The minimum atomic E-state index is -1.30. The summed E-state index contributed by atoms with van der Waals surface area (Å²) in [7, 11) is 0. The number of hydrogen-bond acceptors (Lipinski definition) is 7. The number of likely N-dealkylation sites (tertiary alicyclic amines) is 1. The van der Waals surface area contributed by atoms with Crippen molar-refractivity contribution in [2.75, 3.05) is 19.6 Å². The Bertz CT molecular complexity index is 1680. The Morgan fingerprint density at radius 2 is 1.94 bits per heavy atom. The Labute approximate surface area is 287 Å². The number of nitrogens with one attached hydrogen (secondary N) is 1. The molecule has 4 aliphatic heterocycles. The molecule has 1 aliphatic carbocycles. The summed E-state index contributed by atoms with van der Waals surface area (Å²) >= 11 is 13.4. The lowest BCUT2D eigenvalue weighted by Crippen LogP contribution is -2.62. The Morgan fingerprint density at radius 1 is 1.17 bits per heavy atom. The molecule has 1 spiro atoms. The van der Waals surface area contributed by atoms with Gasteiger partial charge in [0.15, 0.2) is 5.17 Å². The number of carbonyl (C=O) groups is 2. The van der Waals surface area contributed by atoms with Crippen LogP contribution in [0.3, 0.4) is 0 Å². The molecular formula is C34H38Cl2F2N6O2S. The van der Waals surface area contributed by atoms with E-state index in [1.807, 2.05) is 43.6 Å². The number of benzene rings is 1. The molecule has 5 atom stereocenters. The van der Waals surface area contributed by atoms with Crippen molar-refractivity contribution < 1.29 is 18.4 Å². The summed E-state index contributed by atoms with van der Waals surface area (Å²) in [6, 6.07) is 6.79. The molecule has 2 saturated heterocycles. The zero-order chi connectivity index (χ0) is 33.4. The highest BCUT2D eigenvalue weighted by molar-refractivity contribution is 8.18. The molecule has 8 nitrogen and oxygen atoms in total. The second-order valence-electron chi connectivity index (χ2n) is 13.8. The third-order valence-electron chi connectivity index (χ3n) is 10.4. The van der Waals surface area contributed by atoms with Gasteiger partial charge in [0.25, 0.3) is 5.91 Å². The number of carbonyl (C=O) groups excluding carboxylic acids is 2. The second kappa shape index (κ2) is 12.0. The van der Waals surface area contributed by atoms with Crippen molar-refractivity contribution in [2.24, 2.45) is 10.9 Å². The molecule has 3 fully saturated rings. The van der Waals surface area contributed by atoms with Gasteiger partial charge in [-0.1, -0.05) is 56.1 Å². The first-order valence-corrected chi connectivity index (χ1v) is 17.8. The lowest BCUT2D eigenvalue weighted by molar-refractivity contribution is -0.145. The van der Waals surface area contributed by atoms with Crippen molar-refractivity contribution in [2.45, 2.75) is 88.8 Å². The summed E-state index contributed by atoms with van der Waals surface area (Å²) in [5, 5.41) is 4.50. The summed E-state index contributed by atoms with van der Waals surface area (Å²) in [5.41, 5.74) is 1.10. The molecule has 1 N–H and O–H groups in total. The number of alkyl halides is 1. The van der Waals surface area contributed by atoms with E-state index in [0.29, 0.717) is 39.6 Å². The van der Waals surface area contributed by atoms with Crippen LogP contribution in [0.5, 0.6) is 0 Å². The van der Waals surface area contributed by atoms with E-state index >= 15 is 4.39 Å². The molecule has 2 aromatic rings. The number of nitrogens with zero attached hydrogens (tertiary/aromatic N) is 5. The first kappa shape index (κ1) is 32.8. The van der Waals surface area contributed by atoms with Crippen molar-refractivity contribution in [1.29, 1.82) is 0 Å². The van der Waals surface area contributed by atoms with Crippen LogP contribution in [0, 0.1) is 11.7 Å². The zero-order valence-corrected chi connectivity index (χ0v) is 29.1. The molecule has 2 amide bonds. The molecular weight excluding hydrogens is 665 g/mol. The van der Waals surface area contributed by atoms with Crippen LogP contribution in [0.15, 0.2) is 52.1 Å². The van der Waals surface area contributed by atoms with Gasteiger partial charge in [0.05, 0.1) is 17.6 Å². The maximum absolute atomic E-state index is 15.2. The standard InChI is InChI=1S/C34H38Cl2F2N6O2S/c1-5-22-15-40-34(10-11-34)17-43(22)30(45)25-13-21(37)16-42(25)31(46)28-27(18(2)3)44-29(19-6-8-23(35)24(38)12-19)33(4,41-32(44)47-28)20-7-9-26(36)39-14-20/h6-9,12,14,18,21-22,25,29,40H,5,10-11,13,15-17H2,1-4H3/t21-,22-,25-,29-,33+/m1/s1. The molecule has 0 unspecified atom stereocenters. The number of allylic oxidation sites excluding steroid dienone is 1. The van der Waals surface area contributed by atoms with Gasteiger partial charge in [-0.3, -0.25) is 9.59 Å². The highest BCUT2D eigenvalue weighted by Gasteiger charge is 2.56. The van der Waals surface area contributed by atoms with Gasteiger partial charge in [-0.05, 0) is 67.6 Å². The average molecular weight is 704 g/mol. The zero-order valence-electron chi connectivity index (χ0n) is 26.8. The molecule has 0 radical (unpaired) electrons. The van der Waals surface area contributed by atoms with Crippen LogP contribution in [0.4, 0.5) is 8.78 Å². The van der Waals surface area contributed by atoms with E-state index in [4.69, 9.17) is 28.2 Å². The largest absolute Gasteiger partial charge is 0.335 e. The van der Waals surface area contributed by atoms with E-state index < -0.39 is 29.6 Å². The molecule has 1 saturated carbocycles. The predicted octanol–water partition coefficient (Wildman–Crippen LogP) is 6.45. The quantitative estimate of drug-likeness (QED) is 0.349. The first-order valence-electron chi connectivity index (χ1n) is 16.2. The molecule has 5 heterocycles. The van der Waals surface area contributed by atoms with E-state index in [1.54, 1.807) is 18.3 Å². The normalized spacial score (nSPS) is 29.6. The van der Waals surface area contributed by atoms with E-state index in [1.165, 1.54) is 28.8 Å². The highest BCUT2D eigenvalue weighted by Crippen LogP contribution is 2.56. The number of amides is 2. The SMILES string of the molecule is CC[C@@H]1CNC2(CC2)CN1C(=O)[C@H]1C[C@@H](F)CN1C(=O)C1=C(C(C)C)N2C(=N[C@@](C)(c3ccc(Cl)nc3)[C@H]2c2ccc(Cl)c(F)c2)S1. The second-order valence-corrected chi connectivity index (χ2v) is 15.6. The van der Waals surface area contributed by atoms with E-state index in [9.17, 15) is 14.0 Å².